The number of aryl methyl sites for hydroxylation is 1. The molecule has 2 aromatic heterocycles. The maximum absolute atomic E-state index is 13.0. The van der Waals surface area contributed by atoms with E-state index >= 15 is 0 Å². The fourth-order valence-electron chi connectivity index (χ4n) is 3.10. The minimum atomic E-state index is -0.429. The summed E-state index contributed by atoms with van der Waals surface area (Å²) in [7, 11) is 1.89. The summed E-state index contributed by atoms with van der Waals surface area (Å²) >= 11 is 1.52. The summed E-state index contributed by atoms with van der Waals surface area (Å²) in [5.74, 6) is 0.201. The highest BCUT2D eigenvalue weighted by Crippen LogP contribution is 2.26. The third-order valence-corrected chi connectivity index (χ3v) is 5.78. The second-order valence-electron chi connectivity index (χ2n) is 7.17. The molecule has 156 valence electrons. The number of hydrogen-bond acceptors (Lipinski definition) is 5. The van der Waals surface area contributed by atoms with Crippen molar-refractivity contribution in [2.45, 2.75) is 18.4 Å². The molecule has 0 bridgehead atoms. The lowest BCUT2D eigenvalue weighted by Crippen LogP contribution is -2.28. The molecule has 0 saturated heterocycles. The Morgan fingerprint density at radius 3 is 2.55 bits per heavy atom. The first-order valence-electron chi connectivity index (χ1n) is 9.84. The van der Waals surface area contributed by atoms with Gasteiger partial charge in [0.2, 0.25) is 5.43 Å². The molecule has 7 heteroatoms. The van der Waals surface area contributed by atoms with E-state index in [1.54, 1.807) is 6.07 Å². The summed E-state index contributed by atoms with van der Waals surface area (Å²) in [6.45, 7) is 2.39. The van der Waals surface area contributed by atoms with Crippen molar-refractivity contribution in [1.29, 1.82) is 0 Å². The fraction of sp³-hybridized carbons (Fsp3) is 0.125. The molecule has 0 atom stereocenters. The van der Waals surface area contributed by atoms with Gasteiger partial charge in [-0.2, -0.15) is 0 Å². The van der Waals surface area contributed by atoms with Crippen LogP contribution >= 0.6 is 11.9 Å². The van der Waals surface area contributed by atoms with Gasteiger partial charge in [0.1, 0.15) is 16.9 Å². The van der Waals surface area contributed by atoms with E-state index in [-0.39, 0.29) is 11.1 Å². The number of carbonyl (C=O) groups is 1. The lowest BCUT2D eigenvalue weighted by atomic mass is 10.2. The Balaban J connectivity index is 1.56. The molecule has 31 heavy (non-hydrogen) atoms. The lowest BCUT2D eigenvalue weighted by Gasteiger charge is -2.17. The number of nitrogens with zero attached hydrogens (tertiary/aromatic N) is 2. The van der Waals surface area contributed by atoms with Crippen LogP contribution in [0.15, 0.2) is 82.6 Å². The monoisotopic (exact) mass is 430 g/mol. The fourth-order valence-corrected chi connectivity index (χ4v) is 3.87. The van der Waals surface area contributed by atoms with Crippen molar-refractivity contribution in [3.8, 4) is 0 Å². The Bertz CT molecular complexity index is 1270. The second kappa shape index (κ2) is 9.06. The highest BCUT2D eigenvalue weighted by molar-refractivity contribution is 8.00. The molecule has 0 radical (unpaired) electrons. The predicted molar refractivity (Wildman–Crippen MR) is 125 cm³/mol. The molecule has 4 aromatic rings. The zero-order valence-corrected chi connectivity index (χ0v) is 18.1. The molecule has 4 rings (SSSR count). The smallest absolute Gasteiger partial charge is 0.257 e. The number of fused-ring (bicyclic) bond motifs is 1. The number of aromatic nitrogens is 2. The van der Waals surface area contributed by atoms with E-state index in [1.807, 2.05) is 66.8 Å². The quantitative estimate of drug-likeness (QED) is 0.446. The van der Waals surface area contributed by atoms with Crippen LogP contribution in [0.2, 0.25) is 0 Å². The van der Waals surface area contributed by atoms with E-state index in [0.29, 0.717) is 17.9 Å². The zero-order valence-electron chi connectivity index (χ0n) is 17.3. The van der Waals surface area contributed by atoms with Gasteiger partial charge in [0, 0.05) is 24.7 Å². The van der Waals surface area contributed by atoms with E-state index in [4.69, 9.17) is 0 Å². The number of rotatable bonds is 6. The molecule has 0 saturated carbocycles. The van der Waals surface area contributed by atoms with Crippen molar-refractivity contribution in [2.75, 3.05) is 11.4 Å². The van der Waals surface area contributed by atoms with Gasteiger partial charge in [-0.15, -0.1) is 0 Å². The molecule has 0 aliphatic rings. The van der Waals surface area contributed by atoms with E-state index < -0.39 is 11.3 Å². The van der Waals surface area contributed by atoms with Gasteiger partial charge in [0.15, 0.2) is 0 Å². The Morgan fingerprint density at radius 2 is 1.81 bits per heavy atom. The largest absolute Gasteiger partial charge is 0.359 e. The van der Waals surface area contributed by atoms with Crippen molar-refractivity contribution in [1.82, 2.24) is 15.3 Å². The lowest BCUT2D eigenvalue weighted by molar-refractivity contribution is 0.0949. The molecule has 2 N–H and O–H groups in total. The van der Waals surface area contributed by atoms with Gasteiger partial charge >= 0.3 is 0 Å². The van der Waals surface area contributed by atoms with Crippen LogP contribution in [0.3, 0.4) is 0 Å². The molecular formula is C24H22N4O2S. The average molecular weight is 431 g/mol. The number of hydrogen-bond donors (Lipinski definition) is 2. The standard InChI is InChI=1S/C24H22N4O2S/c1-16-8-10-18(11-9-16)31-28(2)21-13-12-20-22(27-21)23(29)19(15-25-20)24(30)26-14-17-6-4-3-5-7-17/h3-13,15H,14H2,1-2H3,(H,25,29)(H,26,30). The van der Waals surface area contributed by atoms with Gasteiger partial charge in [0.05, 0.1) is 5.52 Å². The first-order valence-corrected chi connectivity index (χ1v) is 10.6. The molecule has 6 nitrogen and oxygen atoms in total. The molecule has 0 unspecified atom stereocenters. The topological polar surface area (TPSA) is 78.1 Å². The third-order valence-electron chi connectivity index (χ3n) is 4.84. The number of amides is 1. The summed E-state index contributed by atoms with van der Waals surface area (Å²) in [4.78, 5) is 34.2. The number of anilines is 1. The Morgan fingerprint density at radius 1 is 1.06 bits per heavy atom. The van der Waals surface area contributed by atoms with Crippen molar-refractivity contribution in [2.24, 2.45) is 0 Å². The molecule has 0 fully saturated rings. The maximum Gasteiger partial charge on any atom is 0.257 e. The molecule has 1 amide bonds. The molecule has 0 aliphatic carbocycles. The number of carbonyl (C=O) groups excluding carboxylic acids is 1. The summed E-state index contributed by atoms with van der Waals surface area (Å²) in [5.41, 5.74) is 2.63. The van der Waals surface area contributed by atoms with Gasteiger partial charge < -0.3 is 10.3 Å². The molecule has 2 aromatic carbocycles. The van der Waals surface area contributed by atoms with Crippen molar-refractivity contribution >= 4 is 34.7 Å². The highest BCUT2D eigenvalue weighted by atomic mass is 32.2. The van der Waals surface area contributed by atoms with Crippen LogP contribution < -0.4 is 15.1 Å². The molecule has 0 spiro atoms. The van der Waals surface area contributed by atoms with Crippen LogP contribution in [0.25, 0.3) is 11.0 Å². The molecule has 0 aliphatic heterocycles. The van der Waals surface area contributed by atoms with Crippen LogP contribution in [-0.2, 0) is 6.54 Å². The number of H-pyrrole nitrogens is 1. The molecular weight excluding hydrogens is 408 g/mol. The van der Waals surface area contributed by atoms with E-state index in [9.17, 15) is 9.59 Å². The normalized spacial score (nSPS) is 10.8. The number of aromatic amines is 1. The van der Waals surface area contributed by atoms with Gasteiger partial charge in [-0.3, -0.25) is 13.9 Å². The minimum absolute atomic E-state index is 0.0434. The van der Waals surface area contributed by atoms with Crippen LogP contribution in [0, 0.1) is 6.92 Å². The molecule has 2 heterocycles. The summed E-state index contributed by atoms with van der Waals surface area (Å²) < 4.78 is 1.89. The third kappa shape index (κ3) is 4.78. The van der Waals surface area contributed by atoms with Crippen LogP contribution in [0.5, 0.6) is 0 Å². The van der Waals surface area contributed by atoms with Crippen LogP contribution in [-0.4, -0.2) is 22.9 Å². The Hall–Kier alpha value is -3.58. The van der Waals surface area contributed by atoms with E-state index in [2.05, 4.69) is 27.4 Å². The van der Waals surface area contributed by atoms with Gasteiger partial charge in [0.25, 0.3) is 5.91 Å². The Labute approximate surface area is 184 Å². The SMILES string of the molecule is Cc1ccc(SN(C)c2ccc3[nH]cc(C(=O)NCc4ccccc4)c(=O)c3n2)cc1. The average Bonchev–Trinajstić information content (AvgIpc) is 2.80. The van der Waals surface area contributed by atoms with Gasteiger partial charge in [-0.05, 0) is 48.7 Å². The number of nitrogens with one attached hydrogen (secondary N) is 2. The number of pyridine rings is 2. The summed E-state index contributed by atoms with van der Waals surface area (Å²) in [6.07, 6.45) is 1.44. The first kappa shape index (κ1) is 20.7. The number of benzene rings is 2. The van der Waals surface area contributed by atoms with Crippen molar-refractivity contribution in [3.05, 3.63) is 99.8 Å². The Kier molecular flexibility index (Phi) is 6.04. The second-order valence-corrected chi connectivity index (χ2v) is 8.37. The van der Waals surface area contributed by atoms with Crippen LogP contribution in [0.4, 0.5) is 5.82 Å². The maximum atomic E-state index is 13.0. The summed E-state index contributed by atoms with van der Waals surface area (Å²) in [5, 5.41) is 2.79. The van der Waals surface area contributed by atoms with Crippen molar-refractivity contribution in [3.63, 3.8) is 0 Å². The van der Waals surface area contributed by atoms with Crippen LogP contribution in [0.1, 0.15) is 21.5 Å². The van der Waals surface area contributed by atoms with E-state index in [0.717, 1.165) is 10.5 Å². The first-order chi connectivity index (χ1) is 15.0. The van der Waals surface area contributed by atoms with Gasteiger partial charge in [-0.25, -0.2) is 4.98 Å². The van der Waals surface area contributed by atoms with Crippen molar-refractivity contribution < 1.29 is 4.79 Å². The predicted octanol–water partition coefficient (Wildman–Crippen LogP) is 4.31. The van der Waals surface area contributed by atoms with E-state index in [1.165, 1.54) is 23.7 Å². The zero-order chi connectivity index (χ0) is 21.8. The minimum Gasteiger partial charge on any atom is -0.359 e. The highest BCUT2D eigenvalue weighted by Gasteiger charge is 2.15. The summed E-state index contributed by atoms with van der Waals surface area (Å²) in [6, 6.07) is 21.4. The van der Waals surface area contributed by atoms with Gasteiger partial charge in [-0.1, -0.05) is 48.0 Å².